The van der Waals surface area contributed by atoms with Crippen LogP contribution in [-0.4, -0.2) is 36.1 Å². The van der Waals surface area contributed by atoms with E-state index in [1.165, 1.54) is 12.0 Å². The summed E-state index contributed by atoms with van der Waals surface area (Å²) in [6.45, 7) is 3.75. The summed E-state index contributed by atoms with van der Waals surface area (Å²) < 4.78 is 10.9. The molecule has 6 nitrogen and oxygen atoms in total. The van der Waals surface area contributed by atoms with Crippen LogP contribution in [0.2, 0.25) is 0 Å². The Balaban J connectivity index is 1.76. The summed E-state index contributed by atoms with van der Waals surface area (Å²) in [6, 6.07) is 14.9. The Bertz CT molecular complexity index is 1100. The standard InChI is InChI=1S/C24H24N2O4S/c1-4-18(24(28)29-3)26-19-13-16(11-12-21(19)30-20(5-2)23(26)27)17-14-31-22(25-17)15-9-7-6-8-10-15/h6-14,18,20H,4-5H2,1-3H3. The number of anilines is 1. The van der Waals surface area contributed by atoms with Crippen molar-refractivity contribution in [2.24, 2.45) is 0 Å². The second-order valence-electron chi connectivity index (χ2n) is 7.26. The molecule has 1 aliphatic heterocycles. The van der Waals surface area contributed by atoms with Gasteiger partial charge in [0.05, 0.1) is 18.5 Å². The molecule has 0 radical (unpaired) electrons. The SMILES string of the molecule is CCC1Oc2ccc(-c3csc(-c4ccccc4)n3)cc2N(C(CC)C(=O)OC)C1=O. The van der Waals surface area contributed by atoms with E-state index in [4.69, 9.17) is 14.5 Å². The van der Waals surface area contributed by atoms with Crippen LogP contribution in [0.4, 0.5) is 5.69 Å². The summed E-state index contributed by atoms with van der Waals surface area (Å²) in [5, 5.41) is 2.91. The number of nitrogens with zero attached hydrogens (tertiary/aromatic N) is 2. The molecule has 1 aliphatic rings. The van der Waals surface area contributed by atoms with Gasteiger partial charge in [0.25, 0.3) is 5.91 Å². The molecule has 0 fully saturated rings. The van der Waals surface area contributed by atoms with Crippen LogP contribution in [0.1, 0.15) is 26.7 Å². The first-order chi connectivity index (χ1) is 15.1. The van der Waals surface area contributed by atoms with Gasteiger partial charge < -0.3 is 9.47 Å². The molecule has 1 amide bonds. The van der Waals surface area contributed by atoms with Crippen molar-refractivity contribution in [2.45, 2.75) is 38.8 Å². The quantitative estimate of drug-likeness (QED) is 0.513. The van der Waals surface area contributed by atoms with Crippen molar-refractivity contribution in [2.75, 3.05) is 12.0 Å². The van der Waals surface area contributed by atoms with E-state index in [0.717, 1.165) is 21.8 Å². The molecule has 2 heterocycles. The van der Waals surface area contributed by atoms with Gasteiger partial charge in [-0.15, -0.1) is 11.3 Å². The summed E-state index contributed by atoms with van der Waals surface area (Å²) >= 11 is 1.56. The molecule has 2 aromatic carbocycles. The molecule has 0 aliphatic carbocycles. The van der Waals surface area contributed by atoms with Crippen LogP contribution in [0.15, 0.2) is 53.9 Å². The number of fused-ring (bicyclic) bond motifs is 1. The minimum absolute atomic E-state index is 0.229. The summed E-state index contributed by atoms with van der Waals surface area (Å²) in [5.74, 6) is -0.0901. The lowest BCUT2D eigenvalue weighted by Crippen LogP contribution is -2.53. The molecule has 0 spiro atoms. The second-order valence-corrected chi connectivity index (χ2v) is 8.11. The van der Waals surface area contributed by atoms with Crippen molar-refractivity contribution < 1.29 is 19.1 Å². The fraction of sp³-hybridized carbons (Fsp3) is 0.292. The van der Waals surface area contributed by atoms with E-state index in [1.54, 1.807) is 11.3 Å². The average molecular weight is 437 g/mol. The summed E-state index contributed by atoms with van der Waals surface area (Å²) in [6.07, 6.45) is 0.328. The molecule has 0 saturated carbocycles. The number of thiazole rings is 1. The van der Waals surface area contributed by atoms with Crippen LogP contribution in [0, 0.1) is 0 Å². The Kier molecular flexibility index (Phi) is 6.04. The molecule has 0 bridgehead atoms. The highest BCUT2D eigenvalue weighted by Crippen LogP contribution is 2.40. The lowest BCUT2D eigenvalue weighted by Gasteiger charge is -2.37. The van der Waals surface area contributed by atoms with Crippen LogP contribution in [0.3, 0.4) is 0 Å². The van der Waals surface area contributed by atoms with Gasteiger partial charge in [-0.05, 0) is 31.0 Å². The Morgan fingerprint density at radius 2 is 1.97 bits per heavy atom. The fourth-order valence-corrected chi connectivity index (χ4v) is 4.57. The maximum absolute atomic E-state index is 13.2. The zero-order chi connectivity index (χ0) is 22.0. The first kappa shape index (κ1) is 21.1. The molecule has 0 N–H and O–H groups in total. The molecule has 0 saturated heterocycles. The van der Waals surface area contributed by atoms with Gasteiger partial charge >= 0.3 is 5.97 Å². The first-order valence-electron chi connectivity index (χ1n) is 10.3. The monoisotopic (exact) mass is 436 g/mol. The largest absolute Gasteiger partial charge is 0.478 e. The average Bonchev–Trinajstić information content (AvgIpc) is 3.31. The third-order valence-electron chi connectivity index (χ3n) is 5.36. The number of esters is 1. The Labute approximate surface area is 185 Å². The van der Waals surface area contributed by atoms with Crippen molar-refractivity contribution in [1.29, 1.82) is 0 Å². The molecule has 1 aromatic heterocycles. The fourth-order valence-electron chi connectivity index (χ4n) is 3.73. The summed E-state index contributed by atoms with van der Waals surface area (Å²) in [5.41, 5.74) is 3.29. The predicted octanol–water partition coefficient (Wildman–Crippen LogP) is 4.93. The maximum Gasteiger partial charge on any atom is 0.328 e. The van der Waals surface area contributed by atoms with Gasteiger partial charge in [0.1, 0.15) is 16.8 Å². The van der Waals surface area contributed by atoms with Crippen molar-refractivity contribution >= 4 is 28.9 Å². The second kappa shape index (κ2) is 8.89. The highest BCUT2D eigenvalue weighted by molar-refractivity contribution is 7.13. The summed E-state index contributed by atoms with van der Waals surface area (Å²) in [7, 11) is 1.34. The van der Waals surface area contributed by atoms with Crippen LogP contribution in [0.25, 0.3) is 21.8 Å². The first-order valence-corrected chi connectivity index (χ1v) is 11.2. The highest BCUT2D eigenvalue weighted by atomic mass is 32.1. The van der Waals surface area contributed by atoms with Crippen LogP contribution in [-0.2, 0) is 14.3 Å². The van der Waals surface area contributed by atoms with Gasteiger partial charge in [0, 0.05) is 16.5 Å². The van der Waals surface area contributed by atoms with E-state index in [2.05, 4.69) is 0 Å². The van der Waals surface area contributed by atoms with Crippen LogP contribution < -0.4 is 9.64 Å². The predicted molar refractivity (Wildman–Crippen MR) is 121 cm³/mol. The van der Waals surface area contributed by atoms with E-state index >= 15 is 0 Å². The number of rotatable bonds is 6. The number of ether oxygens (including phenoxy) is 2. The van der Waals surface area contributed by atoms with Gasteiger partial charge in [-0.2, -0.15) is 0 Å². The zero-order valence-corrected chi connectivity index (χ0v) is 18.5. The Hall–Kier alpha value is -3.19. The molecular weight excluding hydrogens is 412 g/mol. The Morgan fingerprint density at radius 3 is 2.65 bits per heavy atom. The number of benzene rings is 2. The number of carbonyl (C=O) groups excluding carboxylic acids is 2. The topological polar surface area (TPSA) is 68.7 Å². The molecule has 3 aromatic rings. The molecule has 2 atom stereocenters. The van der Waals surface area contributed by atoms with Gasteiger partial charge in [-0.1, -0.05) is 44.2 Å². The van der Waals surface area contributed by atoms with E-state index in [-0.39, 0.29) is 5.91 Å². The van der Waals surface area contributed by atoms with Gasteiger partial charge in [0.15, 0.2) is 6.10 Å². The van der Waals surface area contributed by atoms with Gasteiger partial charge in [-0.25, -0.2) is 9.78 Å². The van der Waals surface area contributed by atoms with Crippen molar-refractivity contribution in [3.63, 3.8) is 0 Å². The molecule has 2 unspecified atom stereocenters. The lowest BCUT2D eigenvalue weighted by molar-refractivity contribution is -0.144. The third kappa shape index (κ3) is 3.93. The number of methoxy groups -OCH3 is 1. The Morgan fingerprint density at radius 1 is 1.19 bits per heavy atom. The van der Waals surface area contributed by atoms with Crippen molar-refractivity contribution in [3.05, 3.63) is 53.9 Å². The van der Waals surface area contributed by atoms with E-state index < -0.39 is 18.1 Å². The van der Waals surface area contributed by atoms with Crippen molar-refractivity contribution in [3.8, 4) is 27.6 Å². The minimum Gasteiger partial charge on any atom is -0.478 e. The van der Waals surface area contributed by atoms with Crippen molar-refractivity contribution in [1.82, 2.24) is 4.98 Å². The summed E-state index contributed by atoms with van der Waals surface area (Å²) in [4.78, 5) is 31.9. The smallest absolute Gasteiger partial charge is 0.328 e. The van der Waals surface area contributed by atoms with E-state index in [9.17, 15) is 9.59 Å². The molecular formula is C24H24N2O4S. The normalized spacial score (nSPS) is 16.4. The van der Waals surface area contributed by atoms with Gasteiger partial charge in [-0.3, -0.25) is 9.69 Å². The molecule has 4 rings (SSSR count). The number of hydrogen-bond donors (Lipinski definition) is 0. The lowest BCUT2D eigenvalue weighted by atomic mass is 10.0. The third-order valence-corrected chi connectivity index (χ3v) is 6.26. The maximum atomic E-state index is 13.2. The van der Waals surface area contributed by atoms with E-state index in [1.807, 2.05) is 67.8 Å². The molecule has 31 heavy (non-hydrogen) atoms. The number of hydrogen-bond acceptors (Lipinski definition) is 6. The number of aromatic nitrogens is 1. The minimum atomic E-state index is -0.709. The van der Waals surface area contributed by atoms with Crippen LogP contribution in [0.5, 0.6) is 5.75 Å². The zero-order valence-electron chi connectivity index (χ0n) is 17.7. The highest BCUT2D eigenvalue weighted by Gasteiger charge is 2.40. The molecule has 7 heteroatoms. The van der Waals surface area contributed by atoms with Gasteiger partial charge in [0.2, 0.25) is 0 Å². The number of amides is 1. The van der Waals surface area contributed by atoms with E-state index in [0.29, 0.717) is 24.3 Å². The van der Waals surface area contributed by atoms with Crippen LogP contribution >= 0.6 is 11.3 Å². The molecule has 160 valence electrons. The number of carbonyl (C=O) groups is 2.